The van der Waals surface area contributed by atoms with Crippen LogP contribution in [0, 0.1) is 6.92 Å². The van der Waals surface area contributed by atoms with Crippen molar-refractivity contribution in [1.29, 1.82) is 0 Å². The molecule has 0 unspecified atom stereocenters. The number of hydrogen-bond acceptors (Lipinski definition) is 3. The third-order valence-electron chi connectivity index (χ3n) is 4.77. The predicted molar refractivity (Wildman–Crippen MR) is 108 cm³/mol. The van der Waals surface area contributed by atoms with E-state index >= 15 is 0 Å². The minimum atomic E-state index is -0.972. The first kappa shape index (κ1) is 19.6. The van der Waals surface area contributed by atoms with E-state index in [0.29, 0.717) is 5.56 Å². The lowest BCUT2D eigenvalue weighted by molar-refractivity contribution is -0.137. The third kappa shape index (κ3) is 3.91. The minimum Gasteiger partial charge on any atom is -0.481 e. The molecule has 0 saturated heterocycles. The Morgan fingerprint density at radius 2 is 1.82 bits per heavy atom. The number of amides is 1. The number of fused-ring (bicyclic) bond motifs is 1. The van der Waals surface area contributed by atoms with Crippen LogP contribution in [0.5, 0.6) is 0 Å². The van der Waals surface area contributed by atoms with Crippen molar-refractivity contribution in [3.8, 4) is 0 Å². The van der Waals surface area contributed by atoms with Crippen molar-refractivity contribution < 1.29 is 14.7 Å². The van der Waals surface area contributed by atoms with E-state index in [1.54, 1.807) is 4.68 Å². The Balaban J connectivity index is 1.97. The molecule has 3 aromatic rings. The van der Waals surface area contributed by atoms with Crippen molar-refractivity contribution in [1.82, 2.24) is 15.1 Å². The summed E-state index contributed by atoms with van der Waals surface area (Å²) >= 11 is 0. The topological polar surface area (TPSA) is 84.2 Å². The lowest BCUT2D eigenvalue weighted by atomic mass is 9.96. The molecule has 6 heteroatoms. The Morgan fingerprint density at radius 1 is 1.14 bits per heavy atom. The molecular weight excluding hydrogens is 354 g/mol. The van der Waals surface area contributed by atoms with Gasteiger partial charge in [-0.25, -0.2) is 0 Å². The quantitative estimate of drug-likeness (QED) is 0.700. The molecule has 0 saturated carbocycles. The molecule has 1 aromatic heterocycles. The van der Waals surface area contributed by atoms with Gasteiger partial charge in [0.2, 0.25) is 0 Å². The summed E-state index contributed by atoms with van der Waals surface area (Å²) in [6, 6.07) is 12.8. The summed E-state index contributed by atoms with van der Waals surface area (Å²) in [4.78, 5) is 24.4. The smallest absolute Gasteiger partial charge is 0.305 e. The number of aliphatic carboxylic acids is 1. The Kier molecular flexibility index (Phi) is 5.23. The molecule has 6 nitrogen and oxygen atoms in total. The maximum absolute atomic E-state index is 12.9. The Labute approximate surface area is 164 Å². The van der Waals surface area contributed by atoms with E-state index < -0.39 is 12.0 Å². The number of aromatic nitrogens is 2. The molecule has 1 amide bonds. The Hall–Kier alpha value is -3.15. The second-order valence-corrected chi connectivity index (χ2v) is 7.92. The lowest BCUT2D eigenvalue weighted by Gasteiger charge is -2.22. The fraction of sp³-hybridized carbons (Fsp3) is 0.318. The number of carboxylic acids is 1. The van der Waals surface area contributed by atoms with Gasteiger partial charge in [0.15, 0.2) is 0 Å². The standard InChI is InChI=1S/C22H25N3O3/c1-14-18(13-23-25(14)22(2,3)4)21(28)24-19(12-20(26)27)17-11-7-9-15-8-5-6-10-16(15)17/h5-11,13,19H,12H2,1-4H3,(H,24,28)(H,26,27)/t19-/m1/s1. The maximum Gasteiger partial charge on any atom is 0.305 e. The normalized spacial score (nSPS) is 12.7. The fourth-order valence-corrected chi connectivity index (χ4v) is 3.51. The average molecular weight is 379 g/mol. The van der Waals surface area contributed by atoms with Crippen LogP contribution in [0.2, 0.25) is 0 Å². The van der Waals surface area contributed by atoms with Gasteiger partial charge in [-0.3, -0.25) is 14.3 Å². The zero-order valence-electron chi connectivity index (χ0n) is 16.6. The fourth-order valence-electron chi connectivity index (χ4n) is 3.51. The number of carboxylic acid groups (broad SMARTS) is 1. The van der Waals surface area contributed by atoms with Crippen molar-refractivity contribution in [3.05, 3.63) is 65.5 Å². The summed E-state index contributed by atoms with van der Waals surface area (Å²) in [5.74, 6) is -1.30. The van der Waals surface area contributed by atoms with Gasteiger partial charge < -0.3 is 10.4 Å². The van der Waals surface area contributed by atoms with E-state index in [9.17, 15) is 14.7 Å². The zero-order valence-corrected chi connectivity index (χ0v) is 16.6. The van der Waals surface area contributed by atoms with Crippen LogP contribution in [-0.2, 0) is 10.3 Å². The molecule has 3 rings (SSSR count). The monoisotopic (exact) mass is 379 g/mol. The Morgan fingerprint density at radius 3 is 2.46 bits per heavy atom. The van der Waals surface area contributed by atoms with Crippen LogP contribution in [0.25, 0.3) is 10.8 Å². The molecule has 0 fully saturated rings. The molecule has 2 aromatic carbocycles. The third-order valence-corrected chi connectivity index (χ3v) is 4.77. The van der Waals surface area contributed by atoms with E-state index in [0.717, 1.165) is 22.0 Å². The number of carbonyl (C=O) groups excluding carboxylic acids is 1. The molecular formula is C22H25N3O3. The largest absolute Gasteiger partial charge is 0.481 e. The summed E-state index contributed by atoms with van der Waals surface area (Å²) in [6.45, 7) is 7.88. The molecule has 0 bridgehead atoms. The van der Waals surface area contributed by atoms with Crippen LogP contribution >= 0.6 is 0 Å². The van der Waals surface area contributed by atoms with E-state index in [1.165, 1.54) is 6.20 Å². The van der Waals surface area contributed by atoms with E-state index in [2.05, 4.69) is 10.4 Å². The molecule has 146 valence electrons. The molecule has 1 atom stereocenters. The van der Waals surface area contributed by atoms with E-state index in [1.807, 2.05) is 70.2 Å². The SMILES string of the molecule is Cc1c(C(=O)N[C@H](CC(=O)O)c2cccc3ccccc23)cnn1C(C)(C)C. The second kappa shape index (κ2) is 7.46. The van der Waals surface area contributed by atoms with Gasteiger partial charge in [-0.05, 0) is 44.0 Å². The van der Waals surface area contributed by atoms with Gasteiger partial charge in [0, 0.05) is 5.69 Å². The highest BCUT2D eigenvalue weighted by molar-refractivity contribution is 5.96. The highest BCUT2D eigenvalue weighted by Crippen LogP contribution is 2.27. The van der Waals surface area contributed by atoms with Crippen LogP contribution in [0.1, 0.15) is 54.8 Å². The molecule has 1 heterocycles. The number of nitrogens with one attached hydrogen (secondary N) is 1. The van der Waals surface area contributed by atoms with Crippen molar-refractivity contribution in [2.24, 2.45) is 0 Å². The van der Waals surface area contributed by atoms with Crippen LogP contribution in [0.15, 0.2) is 48.7 Å². The van der Waals surface area contributed by atoms with Gasteiger partial charge in [-0.2, -0.15) is 5.10 Å². The molecule has 0 aliphatic carbocycles. The number of carbonyl (C=O) groups is 2. The first-order valence-electron chi connectivity index (χ1n) is 9.24. The van der Waals surface area contributed by atoms with Crippen LogP contribution in [0.4, 0.5) is 0 Å². The van der Waals surface area contributed by atoms with Crippen molar-refractivity contribution in [3.63, 3.8) is 0 Å². The van der Waals surface area contributed by atoms with Crippen molar-refractivity contribution in [2.75, 3.05) is 0 Å². The first-order valence-corrected chi connectivity index (χ1v) is 9.24. The highest BCUT2D eigenvalue weighted by atomic mass is 16.4. The Bertz CT molecular complexity index is 1030. The minimum absolute atomic E-state index is 0.202. The van der Waals surface area contributed by atoms with Gasteiger partial charge in [-0.15, -0.1) is 0 Å². The predicted octanol–water partition coefficient (Wildman–Crippen LogP) is 4.05. The lowest BCUT2D eigenvalue weighted by Crippen LogP contribution is -2.31. The molecule has 0 aliphatic rings. The molecule has 0 radical (unpaired) electrons. The van der Waals surface area contributed by atoms with Crippen LogP contribution in [-0.4, -0.2) is 26.8 Å². The van der Waals surface area contributed by atoms with Crippen molar-refractivity contribution in [2.45, 2.75) is 45.7 Å². The number of rotatable bonds is 5. The number of benzene rings is 2. The van der Waals surface area contributed by atoms with Crippen LogP contribution < -0.4 is 5.32 Å². The summed E-state index contributed by atoms with van der Waals surface area (Å²) in [6.07, 6.45) is 1.34. The van der Waals surface area contributed by atoms with Gasteiger partial charge in [0.1, 0.15) is 0 Å². The van der Waals surface area contributed by atoms with Gasteiger partial charge in [-0.1, -0.05) is 42.5 Å². The van der Waals surface area contributed by atoms with E-state index in [-0.39, 0.29) is 17.9 Å². The summed E-state index contributed by atoms with van der Waals surface area (Å²) in [5.41, 5.74) is 1.73. The zero-order chi connectivity index (χ0) is 20.5. The molecule has 0 aliphatic heterocycles. The van der Waals surface area contributed by atoms with Crippen molar-refractivity contribution >= 4 is 22.6 Å². The number of hydrogen-bond donors (Lipinski definition) is 2. The average Bonchev–Trinajstić information content (AvgIpc) is 3.02. The molecule has 2 N–H and O–H groups in total. The van der Waals surface area contributed by atoms with Gasteiger partial charge in [0.25, 0.3) is 5.91 Å². The number of nitrogens with zero attached hydrogens (tertiary/aromatic N) is 2. The summed E-state index contributed by atoms with van der Waals surface area (Å²) in [5, 5.41) is 18.6. The maximum atomic E-state index is 12.9. The molecule has 28 heavy (non-hydrogen) atoms. The summed E-state index contributed by atoms with van der Waals surface area (Å²) < 4.78 is 1.80. The van der Waals surface area contributed by atoms with Crippen LogP contribution in [0.3, 0.4) is 0 Å². The van der Waals surface area contributed by atoms with E-state index in [4.69, 9.17) is 0 Å². The molecule has 0 spiro atoms. The van der Waals surface area contributed by atoms with Gasteiger partial charge in [0.05, 0.1) is 29.8 Å². The highest BCUT2D eigenvalue weighted by Gasteiger charge is 2.25. The van der Waals surface area contributed by atoms with Gasteiger partial charge >= 0.3 is 5.97 Å². The summed E-state index contributed by atoms with van der Waals surface area (Å²) in [7, 11) is 0. The second-order valence-electron chi connectivity index (χ2n) is 7.92. The first-order chi connectivity index (χ1) is 13.2.